The van der Waals surface area contributed by atoms with Crippen molar-refractivity contribution in [3.05, 3.63) is 42.4 Å². The van der Waals surface area contributed by atoms with Crippen LogP contribution in [0.1, 0.15) is 5.69 Å². The number of ether oxygens (including phenoxy) is 1. The molecule has 6 nitrogen and oxygen atoms in total. The van der Waals surface area contributed by atoms with E-state index in [0.29, 0.717) is 5.75 Å². The molecule has 19 heavy (non-hydrogen) atoms. The number of amidine groups is 1. The maximum atomic E-state index is 8.72. The molecule has 0 aliphatic heterocycles. The number of hydrogen-bond acceptors (Lipinski definition) is 6. The van der Waals surface area contributed by atoms with E-state index in [-0.39, 0.29) is 17.4 Å². The molecule has 0 bridgehead atoms. The molecule has 1 aromatic carbocycles. The zero-order valence-corrected chi connectivity index (χ0v) is 11.0. The summed E-state index contributed by atoms with van der Waals surface area (Å²) >= 11 is 1.55. The molecule has 7 heteroatoms. The first-order valence-electron chi connectivity index (χ1n) is 5.36. The van der Waals surface area contributed by atoms with Crippen LogP contribution in [0, 0.1) is 0 Å². The molecule has 0 aliphatic rings. The molecular weight excluding hydrogens is 264 g/mol. The molecule has 0 amide bonds. The molecule has 0 radical (unpaired) electrons. The van der Waals surface area contributed by atoms with Crippen molar-refractivity contribution in [1.29, 1.82) is 0 Å². The van der Waals surface area contributed by atoms with Crippen LogP contribution in [0.3, 0.4) is 0 Å². The van der Waals surface area contributed by atoms with Crippen LogP contribution in [0.15, 0.2) is 46.7 Å². The Morgan fingerprint density at radius 3 is 2.79 bits per heavy atom. The number of oxime groups is 1. The fourth-order valence-electron chi connectivity index (χ4n) is 1.43. The molecule has 2 rings (SSSR count). The second-order valence-corrected chi connectivity index (χ2v) is 4.30. The maximum Gasteiger partial charge on any atom is 0.249 e. The maximum absolute atomic E-state index is 8.72. The number of rotatable bonds is 4. The molecule has 0 aliphatic carbocycles. The van der Waals surface area contributed by atoms with E-state index >= 15 is 0 Å². The van der Waals surface area contributed by atoms with Gasteiger partial charge in [-0.05, 0) is 18.4 Å². The first-order valence-corrected chi connectivity index (χ1v) is 6.58. The summed E-state index contributed by atoms with van der Waals surface area (Å²) in [5.74, 6) is 0.687. The third-order valence-electron chi connectivity index (χ3n) is 2.29. The zero-order chi connectivity index (χ0) is 13.7. The molecule has 0 atom stereocenters. The highest BCUT2D eigenvalue weighted by Crippen LogP contribution is 2.31. The van der Waals surface area contributed by atoms with Gasteiger partial charge < -0.3 is 15.7 Å². The lowest BCUT2D eigenvalue weighted by atomic mass is 10.3. The Hall–Kier alpha value is -2.28. The predicted octanol–water partition coefficient (Wildman–Crippen LogP) is 2.09. The quantitative estimate of drug-likeness (QED) is 0.292. The van der Waals surface area contributed by atoms with Gasteiger partial charge in [0.15, 0.2) is 11.5 Å². The highest BCUT2D eigenvalue weighted by Gasteiger charge is 2.13. The van der Waals surface area contributed by atoms with Crippen molar-refractivity contribution in [2.75, 3.05) is 6.26 Å². The third-order valence-corrected chi connectivity index (χ3v) is 3.07. The smallest absolute Gasteiger partial charge is 0.249 e. The van der Waals surface area contributed by atoms with E-state index in [1.807, 2.05) is 30.5 Å². The molecule has 3 N–H and O–H groups in total. The van der Waals surface area contributed by atoms with Crippen LogP contribution in [0.4, 0.5) is 0 Å². The SMILES string of the molecule is CSc1ccccc1Oc1nccnc1C(N)=NO. The van der Waals surface area contributed by atoms with Crippen LogP contribution >= 0.6 is 11.8 Å². The van der Waals surface area contributed by atoms with E-state index in [1.165, 1.54) is 12.4 Å². The molecule has 0 spiro atoms. The summed E-state index contributed by atoms with van der Waals surface area (Å²) in [6.45, 7) is 0. The van der Waals surface area contributed by atoms with Crippen molar-refractivity contribution >= 4 is 17.6 Å². The fourth-order valence-corrected chi connectivity index (χ4v) is 1.96. The lowest BCUT2D eigenvalue weighted by Crippen LogP contribution is -2.16. The lowest BCUT2D eigenvalue weighted by molar-refractivity contribution is 0.318. The van der Waals surface area contributed by atoms with Crippen molar-refractivity contribution < 1.29 is 9.94 Å². The Morgan fingerprint density at radius 2 is 2.05 bits per heavy atom. The molecule has 0 saturated carbocycles. The molecule has 0 saturated heterocycles. The minimum absolute atomic E-state index is 0.148. The minimum atomic E-state index is -0.148. The van der Waals surface area contributed by atoms with E-state index in [1.54, 1.807) is 11.8 Å². The number of aromatic nitrogens is 2. The second kappa shape index (κ2) is 6.05. The van der Waals surface area contributed by atoms with E-state index in [0.717, 1.165) is 4.90 Å². The zero-order valence-electron chi connectivity index (χ0n) is 10.1. The third kappa shape index (κ3) is 2.94. The van der Waals surface area contributed by atoms with Gasteiger partial charge in [-0.2, -0.15) is 0 Å². The Morgan fingerprint density at radius 1 is 1.32 bits per heavy atom. The summed E-state index contributed by atoms with van der Waals surface area (Å²) in [5.41, 5.74) is 5.73. The summed E-state index contributed by atoms with van der Waals surface area (Å²) in [6.07, 6.45) is 4.87. The van der Waals surface area contributed by atoms with Gasteiger partial charge in [-0.3, -0.25) is 0 Å². The van der Waals surface area contributed by atoms with Gasteiger partial charge in [0.05, 0.1) is 0 Å². The molecular formula is C12H12N4O2S. The topological polar surface area (TPSA) is 93.6 Å². The van der Waals surface area contributed by atoms with Gasteiger partial charge in [0.2, 0.25) is 5.88 Å². The molecule has 1 heterocycles. The van der Waals surface area contributed by atoms with Crippen molar-refractivity contribution in [2.45, 2.75) is 4.90 Å². The summed E-state index contributed by atoms with van der Waals surface area (Å²) in [4.78, 5) is 9.00. The summed E-state index contributed by atoms with van der Waals surface area (Å²) in [6, 6.07) is 7.52. The normalized spacial score (nSPS) is 11.3. The lowest BCUT2D eigenvalue weighted by Gasteiger charge is -2.10. The van der Waals surface area contributed by atoms with Gasteiger partial charge in [-0.25, -0.2) is 9.97 Å². The van der Waals surface area contributed by atoms with Crippen molar-refractivity contribution in [3.8, 4) is 11.6 Å². The van der Waals surface area contributed by atoms with Crippen LogP contribution in [-0.2, 0) is 0 Å². The molecule has 2 aromatic rings. The Balaban J connectivity index is 2.39. The van der Waals surface area contributed by atoms with Gasteiger partial charge >= 0.3 is 0 Å². The van der Waals surface area contributed by atoms with Crippen LogP contribution in [0.2, 0.25) is 0 Å². The molecule has 1 aromatic heterocycles. The number of hydrogen-bond donors (Lipinski definition) is 2. The summed E-state index contributed by atoms with van der Waals surface area (Å²) in [5, 5.41) is 11.6. The van der Waals surface area contributed by atoms with E-state index in [2.05, 4.69) is 15.1 Å². The van der Waals surface area contributed by atoms with Gasteiger partial charge in [0.1, 0.15) is 5.75 Å². The first-order chi connectivity index (χ1) is 9.26. The summed E-state index contributed by atoms with van der Waals surface area (Å²) < 4.78 is 5.69. The van der Waals surface area contributed by atoms with E-state index in [9.17, 15) is 0 Å². The average Bonchev–Trinajstić information content (AvgIpc) is 2.47. The number of benzene rings is 1. The van der Waals surface area contributed by atoms with Crippen LogP contribution in [0.5, 0.6) is 11.6 Å². The molecule has 0 fully saturated rings. The fraction of sp³-hybridized carbons (Fsp3) is 0.0833. The predicted molar refractivity (Wildman–Crippen MR) is 72.8 cm³/mol. The standard InChI is InChI=1S/C12H12N4O2S/c1-19-9-5-3-2-4-8(9)18-12-10(11(13)16-17)14-6-7-15-12/h2-7,17H,1H3,(H2,13,16). The minimum Gasteiger partial charge on any atom is -0.436 e. The monoisotopic (exact) mass is 276 g/mol. The first kappa shape index (κ1) is 13.2. The van der Waals surface area contributed by atoms with Crippen LogP contribution < -0.4 is 10.5 Å². The van der Waals surface area contributed by atoms with Gasteiger partial charge in [-0.1, -0.05) is 17.3 Å². The average molecular weight is 276 g/mol. The van der Waals surface area contributed by atoms with Crippen molar-refractivity contribution in [1.82, 2.24) is 9.97 Å². The van der Waals surface area contributed by atoms with Gasteiger partial charge in [0.25, 0.3) is 0 Å². The Bertz CT molecular complexity index is 604. The number of nitrogens with zero attached hydrogens (tertiary/aromatic N) is 3. The van der Waals surface area contributed by atoms with Gasteiger partial charge in [0, 0.05) is 17.3 Å². The highest BCUT2D eigenvalue weighted by atomic mass is 32.2. The van der Waals surface area contributed by atoms with E-state index < -0.39 is 0 Å². The number of para-hydroxylation sites is 1. The summed E-state index contributed by atoms with van der Waals surface area (Å²) in [7, 11) is 0. The van der Waals surface area contributed by atoms with Gasteiger partial charge in [-0.15, -0.1) is 11.8 Å². The van der Waals surface area contributed by atoms with Crippen LogP contribution in [0.25, 0.3) is 0 Å². The van der Waals surface area contributed by atoms with Crippen molar-refractivity contribution in [3.63, 3.8) is 0 Å². The number of nitrogens with two attached hydrogens (primary N) is 1. The van der Waals surface area contributed by atoms with Crippen LogP contribution in [-0.4, -0.2) is 27.3 Å². The number of thioether (sulfide) groups is 1. The molecule has 98 valence electrons. The second-order valence-electron chi connectivity index (χ2n) is 3.45. The molecule has 0 unspecified atom stereocenters. The highest BCUT2D eigenvalue weighted by molar-refractivity contribution is 7.98. The Labute approximate surface area is 114 Å². The van der Waals surface area contributed by atoms with Crippen molar-refractivity contribution in [2.24, 2.45) is 10.9 Å². The largest absolute Gasteiger partial charge is 0.436 e. The Kier molecular flexibility index (Phi) is 4.19. The van der Waals surface area contributed by atoms with E-state index in [4.69, 9.17) is 15.7 Å².